The van der Waals surface area contributed by atoms with Crippen molar-refractivity contribution in [2.45, 2.75) is 33.7 Å². The Balaban J connectivity index is 1.90. The summed E-state index contributed by atoms with van der Waals surface area (Å²) in [4.78, 5) is 35.4. The highest BCUT2D eigenvalue weighted by atomic mass is 79.9. The molecule has 164 valence electrons. The van der Waals surface area contributed by atoms with Crippen LogP contribution < -0.4 is 20.8 Å². The Morgan fingerprint density at radius 2 is 1.77 bits per heavy atom. The second kappa shape index (κ2) is 11.3. The lowest BCUT2D eigenvalue weighted by molar-refractivity contribution is -0.139. The van der Waals surface area contributed by atoms with Gasteiger partial charge in [0.25, 0.3) is 5.91 Å². The van der Waals surface area contributed by atoms with Gasteiger partial charge in [0.2, 0.25) is 0 Å². The molecule has 0 saturated carbocycles. The fourth-order valence-electron chi connectivity index (χ4n) is 2.66. The number of carbonyl (C=O) groups excluding carboxylic acids is 3. The van der Waals surface area contributed by atoms with Gasteiger partial charge in [-0.25, -0.2) is 5.43 Å². The van der Waals surface area contributed by atoms with Crippen LogP contribution in [-0.4, -0.2) is 36.6 Å². The van der Waals surface area contributed by atoms with Gasteiger partial charge in [0.05, 0.1) is 6.21 Å². The van der Waals surface area contributed by atoms with E-state index in [1.54, 1.807) is 38.1 Å². The monoisotopic (exact) mass is 488 g/mol. The molecule has 3 amide bonds. The third-order valence-electron chi connectivity index (χ3n) is 4.00. The molecular formula is C22H25BrN4O4. The Hall–Kier alpha value is -3.20. The minimum Gasteiger partial charge on any atom is -0.484 e. The Labute approximate surface area is 189 Å². The number of carbonyl (C=O) groups is 3. The molecule has 9 heteroatoms. The van der Waals surface area contributed by atoms with Crippen LogP contribution in [0, 0.1) is 13.8 Å². The first-order chi connectivity index (χ1) is 14.7. The Morgan fingerprint density at radius 3 is 2.42 bits per heavy atom. The maximum atomic E-state index is 12.3. The summed E-state index contributed by atoms with van der Waals surface area (Å²) in [5.41, 5.74) is 5.44. The molecule has 31 heavy (non-hydrogen) atoms. The Morgan fingerprint density at radius 1 is 1.10 bits per heavy atom. The van der Waals surface area contributed by atoms with Crippen molar-refractivity contribution in [2.75, 3.05) is 11.9 Å². The minimum atomic E-state index is -0.854. The molecule has 2 aromatic carbocycles. The summed E-state index contributed by atoms with van der Waals surface area (Å²) in [6, 6.07) is 10.5. The highest BCUT2D eigenvalue weighted by molar-refractivity contribution is 9.10. The topological polar surface area (TPSA) is 109 Å². The summed E-state index contributed by atoms with van der Waals surface area (Å²) >= 11 is 3.43. The molecule has 8 nitrogen and oxygen atoms in total. The molecule has 3 N–H and O–H groups in total. The molecule has 0 heterocycles. The number of anilines is 1. The number of amides is 3. The molecule has 0 unspecified atom stereocenters. The van der Waals surface area contributed by atoms with E-state index in [1.807, 2.05) is 26.0 Å². The average molecular weight is 489 g/mol. The number of ether oxygens (including phenoxy) is 1. The van der Waals surface area contributed by atoms with Gasteiger partial charge >= 0.3 is 11.8 Å². The van der Waals surface area contributed by atoms with E-state index in [2.05, 4.69) is 37.1 Å². The molecule has 0 spiro atoms. The van der Waals surface area contributed by atoms with Gasteiger partial charge < -0.3 is 15.4 Å². The molecule has 0 aliphatic heterocycles. The van der Waals surface area contributed by atoms with Crippen molar-refractivity contribution < 1.29 is 19.1 Å². The van der Waals surface area contributed by atoms with Crippen LogP contribution in [-0.2, 0) is 14.4 Å². The van der Waals surface area contributed by atoms with E-state index in [0.29, 0.717) is 11.3 Å². The summed E-state index contributed by atoms with van der Waals surface area (Å²) in [6.45, 7) is 7.18. The van der Waals surface area contributed by atoms with Gasteiger partial charge in [-0.15, -0.1) is 0 Å². The van der Waals surface area contributed by atoms with Gasteiger partial charge in [-0.1, -0.05) is 28.1 Å². The van der Waals surface area contributed by atoms with Crippen molar-refractivity contribution in [1.82, 2.24) is 10.7 Å². The van der Waals surface area contributed by atoms with Crippen molar-refractivity contribution in [3.8, 4) is 5.75 Å². The van der Waals surface area contributed by atoms with Crippen LogP contribution in [0.4, 0.5) is 5.69 Å². The number of nitrogens with one attached hydrogen (secondary N) is 3. The summed E-state index contributed by atoms with van der Waals surface area (Å²) in [7, 11) is 0. The normalized spacial score (nSPS) is 10.8. The summed E-state index contributed by atoms with van der Waals surface area (Å²) in [6.07, 6.45) is 1.38. The predicted molar refractivity (Wildman–Crippen MR) is 123 cm³/mol. The lowest BCUT2D eigenvalue weighted by atomic mass is 10.1. The van der Waals surface area contributed by atoms with Crippen molar-refractivity contribution >= 4 is 45.6 Å². The summed E-state index contributed by atoms with van der Waals surface area (Å²) in [5, 5.41) is 9.10. The zero-order chi connectivity index (χ0) is 23.0. The van der Waals surface area contributed by atoms with E-state index in [0.717, 1.165) is 21.3 Å². The van der Waals surface area contributed by atoms with Crippen molar-refractivity contribution in [1.29, 1.82) is 0 Å². The molecule has 0 aliphatic carbocycles. The maximum Gasteiger partial charge on any atom is 0.329 e. The number of halogens is 1. The number of hydrogen-bond acceptors (Lipinski definition) is 5. The highest BCUT2D eigenvalue weighted by Gasteiger charge is 2.13. The summed E-state index contributed by atoms with van der Waals surface area (Å²) in [5.74, 6) is -1.43. The van der Waals surface area contributed by atoms with Gasteiger partial charge in [0.1, 0.15) is 5.75 Å². The van der Waals surface area contributed by atoms with Crippen LogP contribution in [0.5, 0.6) is 5.75 Å². The van der Waals surface area contributed by atoms with Gasteiger partial charge in [0.15, 0.2) is 6.61 Å². The fraction of sp³-hybridized carbons (Fsp3) is 0.273. The van der Waals surface area contributed by atoms with Gasteiger partial charge in [-0.05, 0) is 68.7 Å². The number of hydrazone groups is 1. The number of benzene rings is 2. The molecule has 0 aromatic heterocycles. The van der Waals surface area contributed by atoms with E-state index in [-0.39, 0.29) is 18.6 Å². The summed E-state index contributed by atoms with van der Waals surface area (Å²) < 4.78 is 6.51. The van der Waals surface area contributed by atoms with Crippen LogP contribution >= 0.6 is 15.9 Å². The van der Waals surface area contributed by atoms with E-state index in [9.17, 15) is 14.4 Å². The maximum absolute atomic E-state index is 12.3. The van der Waals surface area contributed by atoms with Gasteiger partial charge in [-0.3, -0.25) is 14.4 Å². The Bertz CT molecular complexity index is 982. The first-order valence-electron chi connectivity index (χ1n) is 9.59. The molecule has 2 aromatic rings. The van der Waals surface area contributed by atoms with Crippen LogP contribution in [0.1, 0.15) is 30.5 Å². The smallest absolute Gasteiger partial charge is 0.329 e. The zero-order valence-corrected chi connectivity index (χ0v) is 19.4. The molecule has 0 saturated heterocycles. The van der Waals surface area contributed by atoms with E-state index >= 15 is 0 Å². The first-order valence-corrected chi connectivity index (χ1v) is 10.4. The predicted octanol–water partition coefficient (Wildman–Crippen LogP) is 3.06. The molecule has 2 rings (SSSR count). The average Bonchev–Trinajstić information content (AvgIpc) is 2.69. The lowest BCUT2D eigenvalue weighted by Gasteiger charge is -2.13. The third kappa shape index (κ3) is 7.86. The number of nitrogens with zero attached hydrogens (tertiary/aromatic N) is 1. The van der Waals surface area contributed by atoms with E-state index in [4.69, 9.17) is 4.74 Å². The Kier molecular flexibility index (Phi) is 8.75. The third-order valence-corrected chi connectivity index (χ3v) is 4.45. The molecule has 0 radical (unpaired) electrons. The second-order valence-electron chi connectivity index (χ2n) is 7.15. The number of rotatable bonds is 7. The zero-order valence-electron chi connectivity index (χ0n) is 17.8. The lowest BCUT2D eigenvalue weighted by Crippen LogP contribution is -2.41. The molecule has 0 atom stereocenters. The molecule has 0 fully saturated rings. The molecule has 0 aliphatic rings. The van der Waals surface area contributed by atoms with Crippen molar-refractivity contribution in [3.63, 3.8) is 0 Å². The largest absolute Gasteiger partial charge is 0.484 e. The SMILES string of the molecule is Cc1cc(Br)cc(C)c1NC(=O)COc1cccc(/C=N\NC(=O)C(=O)NC(C)C)c1. The first kappa shape index (κ1) is 24.1. The second-order valence-corrected chi connectivity index (χ2v) is 8.07. The minimum absolute atomic E-state index is 0.148. The van der Waals surface area contributed by atoms with Gasteiger partial charge in [-0.2, -0.15) is 5.10 Å². The molecular weight excluding hydrogens is 464 g/mol. The van der Waals surface area contributed by atoms with Crippen LogP contribution in [0.2, 0.25) is 0 Å². The van der Waals surface area contributed by atoms with E-state index in [1.165, 1.54) is 6.21 Å². The van der Waals surface area contributed by atoms with Crippen LogP contribution in [0.15, 0.2) is 46.0 Å². The standard InChI is InChI=1S/C22H25BrN4O4/c1-13(2)25-21(29)22(30)27-24-11-16-6-5-7-18(10-16)31-12-19(28)26-20-14(3)8-17(23)9-15(20)4/h5-11,13H,12H2,1-4H3,(H,25,29)(H,26,28)(H,27,30)/b24-11-. The highest BCUT2D eigenvalue weighted by Crippen LogP contribution is 2.25. The fourth-order valence-corrected chi connectivity index (χ4v) is 3.35. The van der Waals surface area contributed by atoms with Crippen LogP contribution in [0.25, 0.3) is 0 Å². The molecule has 0 bridgehead atoms. The van der Waals surface area contributed by atoms with Gasteiger partial charge in [0, 0.05) is 16.2 Å². The van der Waals surface area contributed by atoms with Crippen LogP contribution in [0.3, 0.4) is 0 Å². The van der Waals surface area contributed by atoms with Crippen molar-refractivity contribution in [3.05, 3.63) is 57.6 Å². The van der Waals surface area contributed by atoms with E-state index < -0.39 is 11.8 Å². The van der Waals surface area contributed by atoms with Crippen molar-refractivity contribution in [2.24, 2.45) is 5.10 Å². The number of hydrogen-bond donors (Lipinski definition) is 3. The number of aryl methyl sites for hydroxylation is 2. The quantitative estimate of drug-likeness (QED) is 0.316.